The molecule has 4 N–H and O–H groups in total. The van der Waals surface area contributed by atoms with E-state index in [2.05, 4.69) is 25.4 Å². The fraction of sp³-hybridized carbons (Fsp3) is 0.241. The van der Waals surface area contributed by atoms with Gasteiger partial charge in [-0.1, -0.05) is 11.6 Å². The molecule has 5 aromatic rings. The molecule has 1 atom stereocenters. The Hall–Kier alpha value is -4.56. The highest BCUT2D eigenvalue weighted by atomic mass is 35.5. The summed E-state index contributed by atoms with van der Waals surface area (Å²) in [6.07, 6.45) is 0.150. The van der Waals surface area contributed by atoms with E-state index in [1.807, 2.05) is 0 Å². The lowest BCUT2D eigenvalue weighted by atomic mass is 9.85. The standard InChI is InChI=1S/C29H23ClF3N7O3S/c1-28(2,27(42)43)9-13-11-44-26(35-13)29(3)19-22(34)36-24(37-23(19)38-25(29)41)21-14-5-4-12(30)8-18(14)40(39-21)10-15-16(31)6-7-17(32)20(15)33/h4-8,11H,9-10H2,1-3H3,(H,42,43)(H3,34,36,37,38,41). The zero-order valence-electron chi connectivity index (χ0n) is 23.4. The van der Waals surface area contributed by atoms with Gasteiger partial charge < -0.3 is 16.2 Å². The lowest BCUT2D eigenvalue weighted by molar-refractivity contribution is -0.146. The predicted molar refractivity (Wildman–Crippen MR) is 158 cm³/mol. The summed E-state index contributed by atoms with van der Waals surface area (Å²) in [4.78, 5) is 38.6. The second-order valence-electron chi connectivity index (χ2n) is 11.2. The van der Waals surface area contributed by atoms with Crippen molar-refractivity contribution in [2.45, 2.75) is 39.2 Å². The van der Waals surface area contributed by atoms with Crippen LogP contribution < -0.4 is 11.1 Å². The number of anilines is 2. The number of benzene rings is 2. The Morgan fingerprint density at radius 1 is 1.16 bits per heavy atom. The van der Waals surface area contributed by atoms with Crippen LogP contribution in [0.15, 0.2) is 35.7 Å². The van der Waals surface area contributed by atoms with Gasteiger partial charge in [0.05, 0.1) is 28.7 Å². The molecule has 1 amide bonds. The maximum atomic E-state index is 14.5. The number of carboxylic acids is 1. The number of aromatic nitrogens is 5. The number of halogens is 4. The average molecular weight is 642 g/mol. The van der Waals surface area contributed by atoms with Crippen molar-refractivity contribution < 1.29 is 27.9 Å². The lowest BCUT2D eigenvalue weighted by Gasteiger charge is -2.20. The number of aliphatic carboxylic acids is 1. The van der Waals surface area contributed by atoms with E-state index in [-0.39, 0.29) is 29.6 Å². The molecule has 0 aliphatic carbocycles. The Bertz CT molecular complexity index is 2030. The minimum absolute atomic E-state index is 0.0140. The van der Waals surface area contributed by atoms with E-state index in [9.17, 15) is 27.9 Å². The molecule has 1 unspecified atom stereocenters. The minimum Gasteiger partial charge on any atom is -0.481 e. The molecule has 6 rings (SSSR count). The summed E-state index contributed by atoms with van der Waals surface area (Å²) < 4.78 is 44.2. The number of nitrogens with two attached hydrogens (primary N) is 1. The summed E-state index contributed by atoms with van der Waals surface area (Å²) >= 11 is 7.41. The summed E-state index contributed by atoms with van der Waals surface area (Å²) in [5.41, 5.74) is 4.83. The first kappa shape index (κ1) is 29.5. The first-order valence-corrected chi connectivity index (χ1v) is 14.4. The molecule has 44 heavy (non-hydrogen) atoms. The molecule has 0 spiro atoms. The van der Waals surface area contributed by atoms with Gasteiger partial charge in [-0.2, -0.15) is 5.10 Å². The number of amides is 1. The number of nitrogens with zero attached hydrogens (tertiary/aromatic N) is 5. The molecule has 0 saturated heterocycles. The van der Waals surface area contributed by atoms with Crippen molar-refractivity contribution >= 4 is 57.4 Å². The van der Waals surface area contributed by atoms with E-state index in [1.54, 1.807) is 38.3 Å². The van der Waals surface area contributed by atoms with Crippen molar-refractivity contribution in [3.63, 3.8) is 0 Å². The SMILES string of the molecule is CC(C)(Cc1csc(C2(C)C(=O)Nc3nc(-c4nn(Cc5c(F)ccc(F)c5F)c5cc(Cl)ccc45)nc(N)c32)n1)C(=O)O. The molecular weight excluding hydrogens is 619 g/mol. The van der Waals surface area contributed by atoms with Gasteiger partial charge in [0, 0.05) is 27.8 Å². The third-order valence-electron chi connectivity index (χ3n) is 7.68. The quantitative estimate of drug-likeness (QED) is 0.196. The van der Waals surface area contributed by atoms with Crippen LogP contribution in [0, 0.1) is 22.9 Å². The number of rotatable bonds is 7. The summed E-state index contributed by atoms with van der Waals surface area (Å²) in [6, 6.07) is 6.27. The molecule has 2 aromatic carbocycles. The van der Waals surface area contributed by atoms with Gasteiger partial charge in [0.2, 0.25) is 5.91 Å². The summed E-state index contributed by atoms with van der Waals surface area (Å²) in [6.45, 7) is 4.34. The number of fused-ring (bicyclic) bond motifs is 2. The molecule has 0 fully saturated rings. The van der Waals surface area contributed by atoms with Gasteiger partial charge >= 0.3 is 5.97 Å². The fourth-order valence-corrected chi connectivity index (χ4v) is 6.31. The molecule has 3 aromatic heterocycles. The highest BCUT2D eigenvalue weighted by Crippen LogP contribution is 2.46. The summed E-state index contributed by atoms with van der Waals surface area (Å²) in [5.74, 6) is -4.82. The number of hydrogen-bond donors (Lipinski definition) is 3. The Kier molecular flexibility index (Phi) is 6.89. The van der Waals surface area contributed by atoms with Crippen LogP contribution >= 0.6 is 22.9 Å². The van der Waals surface area contributed by atoms with Gasteiger partial charge in [-0.25, -0.2) is 28.1 Å². The molecule has 0 bridgehead atoms. The monoisotopic (exact) mass is 641 g/mol. The predicted octanol–water partition coefficient (Wildman–Crippen LogP) is 5.56. The third-order valence-corrected chi connectivity index (χ3v) is 9.02. The molecule has 1 aliphatic rings. The topological polar surface area (TPSA) is 149 Å². The molecular formula is C29H23ClF3N7O3S. The van der Waals surface area contributed by atoms with Crippen molar-refractivity contribution in [2.75, 3.05) is 11.1 Å². The van der Waals surface area contributed by atoms with Crippen LogP contribution in [0.1, 0.15) is 42.6 Å². The van der Waals surface area contributed by atoms with Crippen LogP contribution in [-0.4, -0.2) is 41.7 Å². The van der Waals surface area contributed by atoms with Gasteiger partial charge in [-0.3, -0.25) is 14.3 Å². The van der Waals surface area contributed by atoms with E-state index >= 15 is 0 Å². The highest BCUT2D eigenvalue weighted by molar-refractivity contribution is 7.10. The van der Waals surface area contributed by atoms with E-state index < -0.39 is 52.3 Å². The highest BCUT2D eigenvalue weighted by Gasteiger charge is 2.50. The van der Waals surface area contributed by atoms with Gasteiger partial charge in [0.15, 0.2) is 17.5 Å². The first-order chi connectivity index (χ1) is 20.7. The summed E-state index contributed by atoms with van der Waals surface area (Å²) in [5, 5.41) is 19.6. The van der Waals surface area contributed by atoms with Gasteiger partial charge in [-0.05, 0) is 51.1 Å². The van der Waals surface area contributed by atoms with E-state index in [0.717, 1.165) is 6.07 Å². The first-order valence-electron chi connectivity index (χ1n) is 13.2. The number of carboxylic acid groups (broad SMARTS) is 1. The zero-order valence-corrected chi connectivity index (χ0v) is 24.9. The normalized spacial score (nSPS) is 16.4. The van der Waals surface area contributed by atoms with Crippen LogP contribution in [0.4, 0.5) is 24.8 Å². The summed E-state index contributed by atoms with van der Waals surface area (Å²) in [7, 11) is 0. The Morgan fingerprint density at radius 2 is 1.89 bits per heavy atom. The van der Waals surface area contributed by atoms with E-state index in [4.69, 9.17) is 17.3 Å². The van der Waals surface area contributed by atoms with Crippen LogP contribution in [0.3, 0.4) is 0 Å². The molecule has 0 saturated carbocycles. The largest absolute Gasteiger partial charge is 0.481 e. The second-order valence-corrected chi connectivity index (χ2v) is 12.5. The third kappa shape index (κ3) is 4.65. The number of carbonyl (C=O) groups is 2. The fourth-order valence-electron chi connectivity index (χ4n) is 5.16. The van der Waals surface area contributed by atoms with Crippen LogP contribution in [0.5, 0.6) is 0 Å². The van der Waals surface area contributed by atoms with Gasteiger partial charge in [0.25, 0.3) is 0 Å². The van der Waals surface area contributed by atoms with E-state index in [0.29, 0.717) is 38.3 Å². The van der Waals surface area contributed by atoms with Crippen LogP contribution in [-0.2, 0) is 28.0 Å². The van der Waals surface area contributed by atoms with Crippen molar-refractivity contribution in [3.8, 4) is 11.5 Å². The molecule has 1 aliphatic heterocycles. The Labute approximate surface area is 256 Å². The minimum atomic E-state index is -1.37. The zero-order chi connectivity index (χ0) is 31.7. The molecule has 10 nitrogen and oxygen atoms in total. The smallest absolute Gasteiger partial charge is 0.309 e. The number of thiazole rings is 1. The van der Waals surface area contributed by atoms with Crippen molar-refractivity contribution in [2.24, 2.45) is 5.41 Å². The number of nitrogen functional groups attached to an aromatic ring is 1. The van der Waals surface area contributed by atoms with Crippen molar-refractivity contribution in [1.82, 2.24) is 24.7 Å². The number of carbonyl (C=O) groups excluding carboxylic acids is 1. The molecule has 4 heterocycles. The Balaban J connectivity index is 1.43. The lowest BCUT2D eigenvalue weighted by Crippen LogP contribution is -2.33. The van der Waals surface area contributed by atoms with E-state index in [1.165, 1.54) is 22.1 Å². The molecule has 15 heteroatoms. The average Bonchev–Trinajstić information content (AvgIpc) is 3.63. The van der Waals surface area contributed by atoms with Crippen molar-refractivity contribution in [1.29, 1.82) is 0 Å². The second kappa shape index (κ2) is 10.3. The van der Waals surface area contributed by atoms with Crippen LogP contribution in [0.2, 0.25) is 5.02 Å². The Morgan fingerprint density at radius 3 is 2.61 bits per heavy atom. The number of nitrogens with one attached hydrogen (secondary N) is 1. The molecule has 226 valence electrons. The van der Waals surface area contributed by atoms with Gasteiger partial charge in [0.1, 0.15) is 33.6 Å². The van der Waals surface area contributed by atoms with Gasteiger partial charge in [-0.15, -0.1) is 11.3 Å². The van der Waals surface area contributed by atoms with Crippen molar-refractivity contribution in [3.05, 3.63) is 80.0 Å². The maximum absolute atomic E-state index is 14.5. The molecule has 0 radical (unpaired) electrons. The van der Waals surface area contributed by atoms with Crippen LogP contribution in [0.25, 0.3) is 22.4 Å². The number of hydrogen-bond acceptors (Lipinski definition) is 8. The maximum Gasteiger partial charge on any atom is 0.309 e.